The van der Waals surface area contributed by atoms with Crippen molar-refractivity contribution in [2.24, 2.45) is 0 Å². The number of hydrogen-bond donors (Lipinski definition) is 1. The molecule has 98 valence electrons. The fourth-order valence-corrected chi connectivity index (χ4v) is 2.99. The maximum absolute atomic E-state index is 12.3. The summed E-state index contributed by atoms with van der Waals surface area (Å²) >= 11 is 10.8. The maximum atomic E-state index is 12.3. The van der Waals surface area contributed by atoms with Gasteiger partial charge in [0, 0.05) is 14.4 Å². The van der Waals surface area contributed by atoms with E-state index in [-0.39, 0.29) is 5.91 Å². The number of benzene rings is 2. The number of thioether (sulfide) groups is 1. The van der Waals surface area contributed by atoms with Crippen molar-refractivity contribution in [1.29, 1.82) is 0 Å². The van der Waals surface area contributed by atoms with E-state index in [9.17, 15) is 4.79 Å². The smallest absolute Gasteiger partial charge is 0.256 e. The van der Waals surface area contributed by atoms with Gasteiger partial charge in [0.15, 0.2) is 0 Å². The van der Waals surface area contributed by atoms with Crippen LogP contribution in [0.15, 0.2) is 51.8 Å². The number of carbonyl (C=O) groups excluding carboxylic acids is 1. The van der Waals surface area contributed by atoms with Crippen LogP contribution in [0, 0.1) is 0 Å². The molecular formula is C14H11BrClNOS. The summed E-state index contributed by atoms with van der Waals surface area (Å²) in [7, 11) is 0. The fourth-order valence-electron chi connectivity index (χ4n) is 1.61. The first-order chi connectivity index (χ1) is 9.11. The number of anilines is 1. The van der Waals surface area contributed by atoms with Gasteiger partial charge in [-0.2, -0.15) is 0 Å². The molecule has 2 aromatic carbocycles. The highest BCUT2D eigenvalue weighted by Crippen LogP contribution is 2.27. The predicted octanol–water partition coefficient (Wildman–Crippen LogP) is 5.08. The number of rotatable bonds is 3. The van der Waals surface area contributed by atoms with E-state index in [1.165, 1.54) is 0 Å². The molecule has 0 fully saturated rings. The Morgan fingerprint density at radius 3 is 2.68 bits per heavy atom. The van der Waals surface area contributed by atoms with Crippen LogP contribution in [-0.4, -0.2) is 12.2 Å². The second-order valence-electron chi connectivity index (χ2n) is 3.78. The summed E-state index contributed by atoms with van der Waals surface area (Å²) in [6.07, 6.45) is 1.95. The minimum Gasteiger partial charge on any atom is -0.321 e. The lowest BCUT2D eigenvalue weighted by molar-refractivity contribution is 0.102. The van der Waals surface area contributed by atoms with Crippen molar-refractivity contribution in [1.82, 2.24) is 0 Å². The third-order valence-electron chi connectivity index (χ3n) is 2.53. The van der Waals surface area contributed by atoms with E-state index in [4.69, 9.17) is 11.6 Å². The zero-order valence-corrected chi connectivity index (χ0v) is 13.3. The van der Waals surface area contributed by atoms with Crippen molar-refractivity contribution in [2.45, 2.75) is 4.90 Å². The average Bonchev–Trinajstić information content (AvgIpc) is 2.41. The number of amides is 1. The summed E-state index contributed by atoms with van der Waals surface area (Å²) < 4.78 is 0.759. The Labute approximate surface area is 129 Å². The van der Waals surface area contributed by atoms with Gasteiger partial charge in [-0.15, -0.1) is 11.8 Å². The van der Waals surface area contributed by atoms with Gasteiger partial charge in [-0.05, 0) is 52.5 Å². The molecule has 0 atom stereocenters. The first-order valence-corrected chi connectivity index (χ1v) is 7.91. The molecule has 2 nitrogen and oxygen atoms in total. The number of halogens is 2. The van der Waals surface area contributed by atoms with Gasteiger partial charge in [-0.1, -0.05) is 23.7 Å². The van der Waals surface area contributed by atoms with Crippen LogP contribution in [0.3, 0.4) is 0 Å². The highest BCUT2D eigenvalue weighted by Gasteiger charge is 2.12. The van der Waals surface area contributed by atoms with E-state index >= 15 is 0 Å². The molecule has 0 aliphatic heterocycles. The molecule has 1 N–H and O–H groups in total. The number of nitrogens with one attached hydrogen (secondary N) is 1. The van der Waals surface area contributed by atoms with Crippen molar-refractivity contribution in [3.05, 3.63) is 57.5 Å². The third kappa shape index (κ3) is 3.53. The van der Waals surface area contributed by atoms with E-state index < -0.39 is 0 Å². The van der Waals surface area contributed by atoms with Gasteiger partial charge in [0.2, 0.25) is 0 Å². The number of carbonyl (C=O) groups is 1. The summed E-state index contributed by atoms with van der Waals surface area (Å²) in [6.45, 7) is 0. The molecular weight excluding hydrogens is 346 g/mol. The topological polar surface area (TPSA) is 29.1 Å². The normalized spacial score (nSPS) is 10.3. The summed E-state index contributed by atoms with van der Waals surface area (Å²) in [5.74, 6) is -0.132. The Morgan fingerprint density at radius 2 is 2.00 bits per heavy atom. The van der Waals surface area contributed by atoms with E-state index in [2.05, 4.69) is 21.2 Å². The van der Waals surface area contributed by atoms with Crippen LogP contribution >= 0.6 is 39.3 Å². The molecule has 0 bridgehead atoms. The Kier molecular flexibility index (Phi) is 4.91. The predicted molar refractivity (Wildman–Crippen MR) is 85.3 cm³/mol. The van der Waals surface area contributed by atoms with Crippen LogP contribution in [0.2, 0.25) is 5.02 Å². The Morgan fingerprint density at radius 1 is 1.26 bits per heavy atom. The van der Waals surface area contributed by atoms with Gasteiger partial charge >= 0.3 is 0 Å². The second-order valence-corrected chi connectivity index (χ2v) is 5.92. The monoisotopic (exact) mass is 355 g/mol. The molecule has 2 aromatic rings. The van der Waals surface area contributed by atoms with Crippen molar-refractivity contribution in [2.75, 3.05) is 11.6 Å². The van der Waals surface area contributed by atoms with Gasteiger partial charge in [0.05, 0.1) is 11.3 Å². The largest absolute Gasteiger partial charge is 0.321 e. The highest BCUT2D eigenvalue weighted by molar-refractivity contribution is 9.10. The van der Waals surface area contributed by atoms with E-state index in [1.807, 2.05) is 30.5 Å². The highest BCUT2D eigenvalue weighted by atomic mass is 79.9. The van der Waals surface area contributed by atoms with Crippen LogP contribution < -0.4 is 5.32 Å². The van der Waals surface area contributed by atoms with Crippen LogP contribution in [0.25, 0.3) is 0 Å². The number of hydrogen-bond acceptors (Lipinski definition) is 2. The molecule has 0 heterocycles. The Bertz CT molecular complexity index is 618. The molecule has 0 aliphatic rings. The van der Waals surface area contributed by atoms with Gasteiger partial charge in [-0.25, -0.2) is 0 Å². The molecule has 0 unspecified atom stereocenters. The summed E-state index contributed by atoms with van der Waals surface area (Å²) in [4.78, 5) is 13.2. The zero-order chi connectivity index (χ0) is 13.8. The fraction of sp³-hybridized carbons (Fsp3) is 0.0714. The lowest BCUT2D eigenvalue weighted by Gasteiger charge is -2.10. The molecule has 1 amide bonds. The lowest BCUT2D eigenvalue weighted by atomic mass is 10.2. The SMILES string of the molecule is CSc1ccccc1C(=O)Nc1ccc(Cl)cc1Br. The molecule has 2 rings (SSSR count). The maximum Gasteiger partial charge on any atom is 0.256 e. The molecule has 0 saturated heterocycles. The van der Waals surface area contributed by atoms with Crippen molar-refractivity contribution in [3.8, 4) is 0 Å². The first kappa shape index (κ1) is 14.4. The second kappa shape index (κ2) is 6.46. The average molecular weight is 357 g/mol. The summed E-state index contributed by atoms with van der Waals surface area (Å²) in [6, 6.07) is 12.8. The Hall–Kier alpha value is -0.970. The molecule has 0 aromatic heterocycles. The molecule has 19 heavy (non-hydrogen) atoms. The van der Waals surface area contributed by atoms with Crippen LogP contribution in [0.4, 0.5) is 5.69 Å². The van der Waals surface area contributed by atoms with Gasteiger partial charge < -0.3 is 5.32 Å². The van der Waals surface area contributed by atoms with E-state index in [0.717, 1.165) is 9.37 Å². The molecule has 5 heteroatoms. The molecule has 0 saturated carbocycles. The molecule has 0 radical (unpaired) electrons. The third-order valence-corrected chi connectivity index (χ3v) is 4.22. The minimum absolute atomic E-state index is 0.132. The summed E-state index contributed by atoms with van der Waals surface area (Å²) in [5.41, 5.74) is 1.36. The lowest BCUT2D eigenvalue weighted by Crippen LogP contribution is -2.13. The molecule has 0 aliphatic carbocycles. The van der Waals surface area contributed by atoms with Gasteiger partial charge in [0.25, 0.3) is 5.91 Å². The van der Waals surface area contributed by atoms with Gasteiger partial charge in [-0.3, -0.25) is 4.79 Å². The standard InChI is InChI=1S/C14H11BrClNOS/c1-19-13-5-3-2-4-10(13)14(18)17-12-7-6-9(16)8-11(12)15/h2-8H,1H3,(H,17,18). The first-order valence-electron chi connectivity index (χ1n) is 5.51. The molecule has 0 spiro atoms. The Balaban J connectivity index is 2.26. The van der Waals surface area contributed by atoms with Crippen LogP contribution in [0.1, 0.15) is 10.4 Å². The van der Waals surface area contributed by atoms with Crippen molar-refractivity contribution in [3.63, 3.8) is 0 Å². The van der Waals surface area contributed by atoms with Crippen molar-refractivity contribution >= 4 is 50.9 Å². The van der Waals surface area contributed by atoms with E-state index in [0.29, 0.717) is 16.3 Å². The zero-order valence-electron chi connectivity index (χ0n) is 10.1. The quantitative estimate of drug-likeness (QED) is 0.777. The van der Waals surface area contributed by atoms with Crippen LogP contribution in [-0.2, 0) is 0 Å². The summed E-state index contributed by atoms with van der Waals surface area (Å²) in [5, 5.41) is 3.49. The minimum atomic E-state index is -0.132. The van der Waals surface area contributed by atoms with Crippen LogP contribution in [0.5, 0.6) is 0 Å². The van der Waals surface area contributed by atoms with Crippen molar-refractivity contribution < 1.29 is 4.79 Å². The van der Waals surface area contributed by atoms with Gasteiger partial charge in [0.1, 0.15) is 0 Å². The van der Waals surface area contributed by atoms with E-state index in [1.54, 1.807) is 30.0 Å².